The van der Waals surface area contributed by atoms with Gasteiger partial charge in [-0.3, -0.25) is 9.69 Å². The predicted octanol–water partition coefficient (Wildman–Crippen LogP) is 6.22. The van der Waals surface area contributed by atoms with Gasteiger partial charge in [0, 0.05) is 48.8 Å². The summed E-state index contributed by atoms with van der Waals surface area (Å²) in [6.07, 6.45) is 0.922. The van der Waals surface area contributed by atoms with Gasteiger partial charge in [-0.25, -0.2) is 0 Å². The van der Waals surface area contributed by atoms with Crippen LogP contribution in [0.4, 0.5) is 11.5 Å². The third kappa shape index (κ3) is 5.20. The summed E-state index contributed by atoms with van der Waals surface area (Å²) in [4.78, 5) is 17.5. The van der Waals surface area contributed by atoms with Crippen molar-refractivity contribution in [2.24, 2.45) is 0 Å². The minimum Gasteiger partial charge on any atom is -0.353 e. The van der Waals surface area contributed by atoms with Gasteiger partial charge in [-0.15, -0.1) is 0 Å². The molecule has 1 aromatic heterocycles. The first-order chi connectivity index (χ1) is 16.6. The van der Waals surface area contributed by atoms with E-state index in [0.29, 0.717) is 15.6 Å². The van der Waals surface area contributed by atoms with Crippen LogP contribution in [0.25, 0.3) is 10.1 Å². The summed E-state index contributed by atoms with van der Waals surface area (Å²) in [5.41, 5.74) is 2.35. The second-order valence-electron chi connectivity index (χ2n) is 8.36. The highest BCUT2D eigenvalue weighted by Gasteiger charge is 2.20. The third-order valence-electron chi connectivity index (χ3n) is 6.11. The zero-order valence-corrected chi connectivity index (χ0v) is 20.8. The standard InChI is InChI=1S/C26H24Cl2N4OS/c27-19-8-9-21(23(28)17-19)26(33)29-20-5-3-4-18(16-20)10-11-31-12-14-32(15-13-31)25-22-6-1-2-7-24(22)34-30-25/h1-9,16-17H,10-15H2,(H,29,33). The topological polar surface area (TPSA) is 48.5 Å². The molecule has 0 saturated carbocycles. The Hall–Kier alpha value is -2.64. The van der Waals surface area contributed by atoms with Crippen molar-refractivity contribution in [3.63, 3.8) is 0 Å². The van der Waals surface area contributed by atoms with Gasteiger partial charge in [0.05, 0.1) is 15.3 Å². The molecule has 8 heteroatoms. The number of nitrogens with zero attached hydrogens (tertiary/aromatic N) is 3. The smallest absolute Gasteiger partial charge is 0.257 e. The number of carbonyl (C=O) groups is 1. The van der Waals surface area contributed by atoms with Gasteiger partial charge in [-0.05, 0) is 66.0 Å². The molecular weight excluding hydrogens is 487 g/mol. The number of carbonyl (C=O) groups excluding carboxylic acids is 1. The van der Waals surface area contributed by atoms with E-state index >= 15 is 0 Å². The first-order valence-electron chi connectivity index (χ1n) is 11.2. The normalized spacial score (nSPS) is 14.5. The zero-order chi connectivity index (χ0) is 23.5. The molecular formula is C26H24Cl2N4OS. The van der Waals surface area contributed by atoms with E-state index in [1.54, 1.807) is 29.7 Å². The molecule has 5 rings (SSSR count). The highest BCUT2D eigenvalue weighted by Crippen LogP contribution is 2.30. The van der Waals surface area contributed by atoms with Crippen LogP contribution in [-0.4, -0.2) is 47.9 Å². The predicted molar refractivity (Wildman–Crippen MR) is 143 cm³/mol. The molecule has 1 amide bonds. The average molecular weight is 511 g/mol. The van der Waals surface area contributed by atoms with E-state index in [-0.39, 0.29) is 5.91 Å². The van der Waals surface area contributed by atoms with Gasteiger partial charge in [-0.1, -0.05) is 47.5 Å². The van der Waals surface area contributed by atoms with Crippen LogP contribution >= 0.6 is 34.7 Å². The largest absolute Gasteiger partial charge is 0.353 e. The van der Waals surface area contributed by atoms with Crippen LogP contribution in [0.15, 0.2) is 66.7 Å². The maximum Gasteiger partial charge on any atom is 0.257 e. The van der Waals surface area contributed by atoms with Crippen molar-refractivity contribution in [3.8, 4) is 0 Å². The Labute approximate surface area is 213 Å². The Morgan fingerprint density at radius 1 is 0.971 bits per heavy atom. The van der Waals surface area contributed by atoms with Crippen molar-refractivity contribution < 1.29 is 4.79 Å². The Kier molecular flexibility index (Phi) is 7.02. The van der Waals surface area contributed by atoms with Gasteiger partial charge >= 0.3 is 0 Å². The van der Waals surface area contributed by atoms with Gasteiger partial charge < -0.3 is 10.2 Å². The minimum atomic E-state index is -0.246. The van der Waals surface area contributed by atoms with Gasteiger partial charge in [0.15, 0.2) is 0 Å². The molecule has 1 N–H and O–H groups in total. The maximum absolute atomic E-state index is 12.6. The lowest BCUT2D eigenvalue weighted by molar-refractivity contribution is 0.102. The molecule has 174 valence electrons. The summed E-state index contributed by atoms with van der Waals surface area (Å²) in [5, 5.41) is 5.03. The third-order valence-corrected chi connectivity index (χ3v) is 7.47. The van der Waals surface area contributed by atoms with E-state index < -0.39 is 0 Å². The number of fused-ring (bicyclic) bond motifs is 1. The molecule has 0 radical (unpaired) electrons. The number of benzene rings is 3. The number of piperazine rings is 1. The Balaban J connectivity index is 1.15. The molecule has 5 nitrogen and oxygen atoms in total. The number of hydrogen-bond donors (Lipinski definition) is 1. The molecule has 0 unspecified atom stereocenters. The summed E-state index contributed by atoms with van der Waals surface area (Å²) >= 11 is 13.7. The summed E-state index contributed by atoms with van der Waals surface area (Å²) in [7, 11) is 0. The summed E-state index contributed by atoms with van der Waals surface area (Å²) in [5.74, 6) is 0.869. The Morgan fingerprint density at radius 2 is 1.79 bits per heavy atom. The quantitative estimate of drug-likeness (QED) is 0.334. The molecule has 4 aromatic rings. The number of amides is 1. The Morgan fingerprint density at radius 3 is 2.62 bits per heavy atom. The first-order valence-corrected chi connectivity index (χ1v) is 12.8. The van der Waals surface area contributed by atoms with Crippen LogP contribution in [0.2, 0.25) is 10.0 Å². The highest BCUT2D eigenvalue weighted by atomic mass is 35.5. The van der Waals surface area contributed by atoms with E-state index in [2.05, 4.69) is 45.4 Å². The van der Waals surface area contributed by atoms with Crippen molar-refractivity contribution in [2.45, 2.75) is 6.42 Å². The van der Waals surface area contributed by atoms with Crippen molar-refractivity contribution in [2.75, 3.05) is 42.9 Å². The fourth-order valence-electron chi connectivity index (χ4n) is 4.25. The van der Waals surface area contributed by atoms with Crippen LogP contribution < -0.4 is 10.2 Å². The van der Waals surface area contributed by atoms with Gasteiger partial charge in [0.25, 0.3) is 5.91 Å². The fraction of sp³-hybridized carbons (Fsp3) is 0.231. The van der Waals surface area contributed by atoms with E-state index in [9.17, 15) is 4.79 Å². The van der Waals surface area contributed by atoms with Gasteiger partial charge in [0.1, 0.15) is 5.82 Å². The summed E-state index contributed by atoms with van der Waals surface area (Å²) in [6.45, 7) is 4.96. The minimum absolute atomic E-state index is 0.246. The zero-order valence-electron chi connectivity index (χ0n) is 18.5. The summed E-state index contributed by atoms with van der Waals surface area (Å²) < 4.78 is 5.94. The first kappa shape index (κ1) is 23.1. The lowest BCUT2D eigenvalue weighted by Crippen LogP contribution is -2.47. The van der Waals surface area contributed by atoms with Crippen molar-refractivity contribution in [1.29, 1.82) is 0 Å². The van der Waals surface area contributed by atoms with E-state index in [1.807, 2.05) is 18.2 Å². The average Bonchev–Trinajstić information content (AvgIpc) is 3.27. The van der Waals surface area contributed by atoms with Crippen LogP contribution in [0.1, 0.15) is 15.9 Å². The number of nitrogens with one attached hydrogen (secondary N) is 1. The highest BCUT2D eigenvalue weighted by molar-refractivity contribution is 7.13. The summed E-state index contributed by atoms with van der Waals surface area (Å²) in [6, 6.07) is 21.3. The fourth-order valence-corrected chi connectivity index (χ4v) is 5.54. The van der Waals surface area contributed by atoms with E-state index in [0.717, 1.165) is 50.6 Å². The van der Waals surface area contributed by atoms with Crippen LogP contribution in [0.3, 0.4) is 0 Å². The number of halogens is 2. The molecule has 0 bridgehead atoms. The van der Waals surface area contributed by atoms with Gasteiger partial charge in [0.2, 0.25) is 0 Å². The number of anilines is 2. The number of hydrogen-bond acceptors (Lipinski definition) is 5. The van der Waals surface area contributed by atoms with Crippen LogP contribution in [-0.2, 0) is 6.42 Å². The van der Waals surface area contributed by atoms with Crippen molar-refractivity contribution in [1.82, 2.24) is 9.27 Å². The Bertz CT molecular complexity index is 1320. The monoisotopic (exact) mass is 510 g/mol. The van der Waals surface area contributed by atoms with Crippen molar-refractivity contribution in [3.05, 3.63) is 87.9 Å². The lowest BCUT2D eigenvalue weighted by atomic mass is 10.1. The SMILES string of the molecule is O=C(Nc1cccc(CCN2CCN(c3nsc4ccccc34)CC2)c1)c1ccc(Cl)cc1Cl. The van der Waals surface area contributed by atoms with Crippen LogP contribution in [0, 0.1) is 0 Å². The van der Waals surface area contributed by atoms with Crippen molar-refractivity contribution >= 4 is 62.2 Å². The van der Waals surface area contributed by atoms with E-state index in [4.69, 9.17) is 27.6 Å². The molecule has 2 heterocycles. The second-order valence-corrected chi connectivity index (χ2v) is 10.0. The molecule has 1 saturated heterocycles. The van der Waals surface area contributed by atoms with E-state index in [1.165, 1.54) is 15.6 Å². The molecule has 0 aliphatic carbocycles. The maximum atomic E-state index is 12.6. The molecule has 34 heavy (non-hydrogen) atoms. The molecule has 1 aliphatic heterocycles. The molecule has 3 aromatic carbocycles. The number of rotatable bonds is 6. The van der Waals surface area contributed by atoms with Crippen LogP contribution in [0.5, 0.6) is 0 Å². The molecule has 1 fully saturated rings. The second kappa shape index (κ2) is 10.3. The number of aromatic nitrogens is 1. The molecule has 0 spiro atoms. The lowest BCUT2D eigenvalue weighted by Gasteiger charge is -2.35. The molecule has 0 atom stereocenters. The van der Waals surface area contributed by atoms with Gasteiger partial charge in [-0.2, -0.15) is 4.37 Å². The molecule has 1 aliphatic rings.